The van der Waals surface area contributed by atoms with Crippen molar-refractivity contribution < 1.29 is 24.1 Å². The summed E-state index contributed by atoms with van der Waals surface area (Å²) in [5, 5.41) is 24.0. The first-order chi connectivity index (χ1) is 14.0. The van der Waals surface area contributed by atoms with E-state index in [-0.39, 0.29) is 23.8 Å². The molecule has 0 radical (unpaired) electrons. The molecule has 2 aromatic rings. The second kappa shape index (κ2) is 9.82. The molecular formula is C22H27FN2O4. The summed E-state index contributed by atoms with van der Waals surface area (Å²) in [5.74, 6) is -0.812. The van der Waals surface area contributed by atoms with Crippen molar-refractivity contribution in [2.45, 2.75) is 31.0 Å². The monoisotopic (exact) mass is 402 g/mol. The third-order valence-electron chi connectivity index (χ3n) is 5.28. The maximum Gasteiger partial charge on any atom is 0.242 e. The molecular weight excluding hydrogens is 375 g/mol. The molecule has 1 heterocycles. The summed E-state index contributed by atoms with van der Waals surface area (Å²) in [5.41, 5.74) is 1.06. The van der Waals surface area contributed by atoms with Gasteiger partial charge in [0.25, 0.3) is 0 Å². The molecule has 0 spiro atoms. The van der Waals surface area contributed by atoms with Crippen LogP contribution in [0.15, 0.2) is 48.5 Å². The van der Waals surface area contributed by atoms with E-state index >= 15 is 0 Å². The quantitative estimate of drug-likeness (QED) is 0.631. The predicted molar refractivity (Wildman–Crippen MR) is 107 cm³/mol. The number of methoxy groups -OCH3 is 1. The number of carbonyl (C=O) groups is 1. The van der Waals surface area contributed by atoms with Crippen LogP contribution in [0.3, 0.4) is 0 Å². The molecule has 0 bridgehead atoms. The fourth-order valence-electron chi connectivity index (χ4n) is 3.65. The molecule has 6 nitrogen and oxygen atoms in total. The van der Waals surface area contributed by atoms with Crippen molar-refractivity contribution >= 4 is 5.91 Å². The first kappa shape index (κ1) is 21.2. The van der Waals surface area contributed by atoms with E-state index in [1.54, 1.807) is 4.90 Å². The molecule has 1 amide bonds. The topological polar surface area (TPSA) is 82.0 Å². The van der Waals surface area contributed by atoms with Crippen LogP contribution < -0.4 is 10.1 Å². The number of halogens is 1. The fraction of sp³-hybridized carbons (Fsp3) is 0.409. The Labute approximate surface area is 169 Å². The Morgan fingerprint density at radius 3 is 2.45 bits per heavy atom. The highest BCUT2D eigenvalue weighted by atomic mass is 19.1. The maximum atomic E-state index is 14.2. The minimum atomic E-state index is -1.29. The Bertz CT molecular complexity index is 812. The number of nitrogens with one attached hydrogen (secondary N) is 1. The van der Waals surface area contributed by atoms with Gasteiger partial charge in [-0.05, 0) is 36.1 Å². The fourth-order valence-corrected chi connectivity index (χ4v) is 3.65. The number of amides is 1. The van der Waals surface area contributed by atoms with Gasteiger partial charge in [-0.2, -0.15) is 0 Å². The van der Waals surface area contributed by atoms with E-state index < -0.39 is 24.0 Å². The van der Waals surface area contributed by atoms with Crippen LogP contribution in [0, 0.1) is 5.82 Å². The van der Waals surface area contributed by atoms with Gasteiger partial charge >= 0.3 is 0 Å². The number of rotatable bonds is 8. The van der Waals surface area contributed by atoms with Crippen LogP contribution in [0.4, 0.5) is 4.39 Å². The van der Waals surface area contributed by atoms with Crippen LogP contribution >= 0.6 is 0 Å². The summed E-state index contributed by atoms with van der Waals surface area (Å²) in [7, 11) is 1.36. The average Bonchev–Trinajstić information content (AvgIpc) is 3.29. The number of nitrogens with zero attached hydrogens (tertiary/aromatic N) is 1. The lowest BCUT2D eigenvalue weighted by Gasteiger charge is -2.31. The zero-order valence-electron chi connectivity index (χ0n) is 16.4. The molecule has 1 fully saturated rings. The lowest BCUT2D eigenvalue weighted by atomic mass is 9.98. The molecule has 3 atom stereocenters. The average molecular weight is 402 g/mol. The van der Waals surface area contributed by atoms with Crippen LogP contribution in [0.1, 0.15) is 36.1 Å². The largest absolute Gasteiger partial charge is 0.494 e. The van der Waals surface area contributed by atoms with Gasteiger partial charge in [-0.15, -0.1) is 0 Å². The van der Waals surface area contributed by atoms with Crippen LogP contribution in [-0.4, -0.2) is 53.9 Å². The number of carbonyl (C=O) groups excluding carboxylic acids is 1. The van der Waals surface area contributed by atoms with E-state index in [9.17, 15) is 19.4 Å². The molecule has 1 aliphatic heterocycles. The molecule has 1 saturated heterocycles. The second-order valence-corrected chi connectivity index (χ2v) is 7.16. The summed E-state index contributed by atoms with van der Waals surface area (Å²) >= 11 is 0. The normalized spacial score (nSPS) is 17.0. The summed E-state index contributed by atoms with van der Waals surface area (Å²) in [6.07, 6.45) is 0.531. The third-order valence-corrected chi connectivity index (χ3v) is 5.28. The van der Waals surface area contributed by atoms with Crippen LogP contribution in [0.5, 0.6) is 5.75 Å². The van der Waals surface area contributed by atoms with Crippen LogP contribution in [0.25, 0.3) is 0 Å². The highest BCUT2D eigenvalue weighted by Gasteiger charge is 2.35. The van der Waals surface area contributed by atoms with Crippen LogP contribution in [-0.2, 0) is 4.79 Å². The SMILES string of the molecule is COc1ccc([C@@H](O)[C@H](N[C@H](CO)c2ccccc2)C(=O)N2CCCC2)cc1F. The minimum Gasteiger partial charge on any atom is -0.494 e. The number of aliphatic hydroxyl groups is 2. The second-order valence-electron chi connectivity index (χ2n) is 7.16. The van der Waals surface area contributed by atoms with Gasteiger partial charge in [-0.25, -0.2) is 4.39 Å². The van der Waals surface area contributed by atoms with E-state index in [0.717, 1.165) is 18.4 Å². The molecule has 3 rings (SSSR count). The van der Waals surface area contributed by atoms with Gasteiger partial charge in [0.15, 0.2) is 11.6 Å². The first-order valence-electron chi connectivity index (χ1n) is 9.77. The van der Waals surface area contributed by atoms with Crippen LogP contribution in [0.2, 0.25) is 0 Å². The summed E-state index contributed by atoms with van der Waals surface area (Å²) in [4.78, 5) is 14.8. The highest BCUT2D eigenvalue weighted by Crippen LogP contribution is 2.27. The van der Waals surface area contributed by atoms with Crippen molar-refractivity contribution in [3.63, 3.8) is 0 Å². The number of hydrogen-bond acceptors (Lipinski definition) is 5. The number of ether oxygens (including phenoxy) is 1. The molecule has 156 valence electrons. The zero-order chi connectivity index (χ0) is 20.8. The Hall–Kier alpha value is -2.48. The number of hydrogen-bond donors (Lipinski definition) is 3. The van der Waals surface area contributed by atoms with Crippen molar-refractivity contribution in [2.24, 2.45) is 0 Å². The van der Waals surface area contributed by atoms with E-state index in [2.05, 4.69) is 5.32 Å². The van der Waals surface area contributed by atoms with Crippen molar-refractivity contribution in [2.75, 3.05) is 26.8 Å². The van der Waals surface area contributed by atoms with Gasteiger partial charge in [-0.1, -0.05) is 36.4 Å². The number of likely N-dealkylation sites (tertiary alicyclic amines) is 1. The van der Waals surface area contributed by atoms with E-state index in [1.165, 1.54) is 25.3 Å². The van der Waals surface area contributed by atoms with E-state index in [0.29, 0.717) is 13.1 Å². The van der Waals surface area contributed by atoms with Crippen molar-refractivity contribution in [1.82, 2.24) is 10.2 Å². The molecule has 7 heteroatoms. The molecule has 0 aliphatic carbocycles. The molecule has 1 aliphatic rings. The number of aliphatic hydroxyl groups excluding tert-OH is 2. The van der Waals surface area contributed by atoms with Gasteiger partial charge in [0.1, 0.15) is 12.1 Å². The van der Waals surface area contributed by atoms with Gasteiger partial charge in [0, 0.05) is 13.1 Å². The lowest BCUT2D eigenvalue weighted by molar-refractivity contribution is -0.135. The maximum absolute atomic E-state index is 14.2. The van der Waals surface area contributed by atoms with Gasteiger partial charge < -0.3 is 19.8 Å². The zero-order valence-corrected chi connectivity index (χ0v) is 16.4. The first-order valence-corrected chi connectivity index (χ1v) is 9.77. The number of benzene rings is 2. The van der Waals surface area contributed by atoms with Crippen molar-refractivity contribution in [3.05, 3.63) is 65.5 Å². The van der Waals surface area contributed by atoms with Crippen molar-refractivity contribution in [1.29, 1.82) is 0 Å². The Morgan fingerprint density at radius 1 is 1.17 bits per heavy atom. The minimum absolute atomic E-state index is 0.0637. The standard InChI is InChI=1S/C22H27FN2O4/c1-29-19-10-9-16(13-17(19)23)21(27)20(22(28)25-11-5-6-12-25)24-18(14-26)15-7-3-2-4-8-15/h2-4,7-10,13,18,20-21,24,26-27H,5-6,11-12,14H2,1H3/t18-,20+,21-/m1/s1. The molecule has 0 aromatic heterocycles. The Morgan fingerprint density at radius 2 is 1.86 bits per heavy atom. The summed E-state index contributed by atoms with van der Waals surface area (Å²) < 4.78 is 19.1. The smallest absolute Gasteiger partial charge is 0.242 e. The third kappa shape index (κ3) is 4.93. The molecule has 2 aromatic carbocycles. The van der Waals surface area contributed by atoms with Gasteiger partial charge in [-0.3, -0.25) is 10.1 Å². The molecule has 29 heavy (non-hydrogen) atoms. The highest BCUT2D eigenvalue weighted by molar-refractivity contribution is 5.83. The molecule has 0 unspecified atom stereocenters. The van der Waals surface area contributed by atoms with Crippen molar-refractivity contribution in [3.8, 4) is 5.75 Å². The predicted octanol–water partition coefficient (Wildman–Crippen LogP) is 2.18. The lowest BCUT2D eigenvalue weighted by Crippen LogP contribution is -2.50. The van der Waals surface area contributed by atoms with Gasteiger partial charge in [0.2, 0.25) is 5.91 Å². The summed E-state index contributed by atoms with van der Waals surface area (Å²) in [6.45, 7) is 0.989. The Kier molecular flexibility index (Phi) is 7.19. The van der Waals surface area contributed by atoms with E-state index in [1.807, 2.05) is 30.3 Å². The van der Waals surface area contributed by atoms with Gasteiger partial charge in [0.05, 0.1) is 19.8 Å². The summed E-state index contributed by atoms with van der Waals surface area (Å²) in [6, 6.07) is 11.8. The van der Waals surface area contributed by atoms with E-state index in [4.69, 9.17) is 4.74 Å². The molecule has 0 saturated carbocycles. The Balaban J connectivity index is 1.89. The molecule has 3 N–H and O–H groups in total.